The Bertz CT molecular complexity index is 350. The second kappa shape index (κ2) is 4.49. The Balaban J connectivity index is 2.15. The summed E-state index contributed by atoms with van der Waals surface area (Å²) >= 11 is 0. The molecule has 4 heteroatoms. The maximum atomic E-state index is 5.47. The van der Waals surface area contributed by atoms with Crippen molar-refractivity contribution in [2.75, 3.05) is 0 Å². The first-order chi connectivity index (χ1) is 7.29. The van der Waals surface area contributed by atoms with Gasteiger partial charge in [0.2, 0.25) is 0 Å². The number of hydrazine groups is 1. The van der Waals surface area contributed by atoms with E-state index in [0.29, 0.717) is 6.04 Å². The fraction of sp³-hybridized carbons (Fsp3) is 0.545. The summed E-state index contributed by atoms with van der Waals surface area (Å²) in [5, 5.41) is 0. The lowest BCUT2D eigenvalue weighted by atomic mass is 10.2. The smallest absolute Gasteiger partial charge is 0.146 e. The van der Waals surface area contributed by atoms with Crippen LogP contribution in [0.2, 0.25) is 0 Å². The lowest BCUT2D eigenvalue weighted by molar-refractivity contribution is 0.533. The molecule has 0 amide bonds. The van der Waals surface area contributed by atoms with E-state index in [1.54, 1.807) is 6.26 Å². The third-order valence-corrected chi connectivity index (χ3v) is 2.78. The molecular formula is C11H17N3O. The van der Waals surface area contributed by atoms with Crippen LogP contribution in [0.5, 0.6) is 0 Å². The van der Waals surface area contributed by atoms with Crippen molar-refractivity contribution < 1.29 is 4.42 Å². The second-order valence-electron chi connectivity index (χ2n) is 4.01. The zero-order valence-corrected chi connectivity index (χ0v) is 8.99. The summed E-state index contributed by atoms with van der Waals surface area (Å²) in [6.45, 7) is 1.91. The predicted molar refractivity (Wildman–Crippen MR) is 59.6 cm³/mol. The zero-order valence-electron chi connectivity index (χ0n) is 8.99. The van der Waals surface area contributed by atoms with Gasteiger partial charge in [-0.1, -0.05) is 12.8 Å². The third kappa shape index (κ3) is 2.39. The molecule has 0 aromatic carbocycles. The van der Waals surface area contributed by atoms with Crippen LogP contribution in [0.25, 0.3) is 0 Å². The molecule has 15 heavy (non-hydrogen) atoms. The highest BCUT2D eigenvalue weighted by molar-refractivity contribution is 5.98. The molecule has 0 spiro atoms. The molecule has 1 heterocycles. The van der Waals surface area contributed by atoms with E-state index in [-0.39, 0.29) is 0 Å². The van der Waals surface area contributed by atoms with Gasteiger partial charge in [-0.2, -0.15) is 0 Å². The first kappa shape index (κ1) is 10.2. The molecule has 82 valence electrons. The van der Waals surface area contributed by atoms with Crippen LogP contribution < -0.4 is 11.3 Å². The number of hydrogen-bond donors (Lipinski definition) is 2. The van der Waals surface area contributed by atoms with Gasteiger partial charge >= 0.3 is 0 Å². The molecule has 3 N–H and O–H groups in total. The van der Waals surface area contributed by atoms with Gasteiger partial charge < -0.3 is 9.84 Å². The number of furan rings is 1. The van der Waals surface area contributed by atoms with Crippen LogP contribution in [0.1, 0.15) is 37.0 Å². The Labute approximate surface area is 89.5 Å². The van der Waals surface area contributed by atoms with E-state index in [1.165, 1.54) is 25.7 Å². The number of hydrogen-bond acceptors (Lipinski definition) is 3. The molecule has 1 saturated carbocycles. The minimum atomic E-state index is 0.422. The molecule has 1 fully saturated rings. The molecule has 1 aliphatic rings. The van der Waals surface area contributed by atoms with Gasteiger partial charge in [0.25, 0.3) is 0 Å². The van der Waals surface area contributed by atoms with Crippen molar-refractivity contribution >= 4 is 5.84 Å². The van der Waals surface area contributed by atoms with Crippen molar-refractivity contribution in [1.82, 2.24) is 5.43 Å². The van der Waals surface area contributed by atoms with Gasteiger partial charge in [-0.25, -0.2) is 5.84 Å². The van der Waals surface area contributed by atoms with E-state index >= 15 is 0 Å². The third-order valence-electron chi connectivity index (χ3n) is 2.78. The topological polar surface area (TPSA) is 63.5 Å². The molecule has 0 radical (unpaired) electrons. The van der Waals surface area contributed by atoms with Crippen molar-refractivity contribution in [2.24, 2.45) is 10.8 Å². The summed E-state index contributed by atoms with van der Waals surface area (Å²) < 4.78 is 5.24. The molecule has 0 atom stereocenters. The molecular weight excluding hydrogens is 190 g/mol. The van der Waals surface area contributed by atoms with Crippen LogP contribution in [0.3, 0.4) is 0 Å². The Morgan fingerprint density at radius 1 is 1.53 bits per heavy atom. The van der Waals surface area contributed by atoms with Crippen LogP contribution in [-0.4, -0.2) is 11.9 Å². The van der Waals surface area contributed by atoms with Crippen LogP contribution in [-0.2, 0) is 0 Å². The molecule has 1 aromatic rings. The maximum absolute atomic E-state index is 5.47. The van der Waals surface area contributed by atoms with E-state index in [2.05, 4.69) is 10.4 Å². The summed E-state index contributed by atoms with van der Waals surface area (Å²) in [6, 6.07) is 2.36. The molecule has 1 aromatic heterocycles. The van der Waals surface area contributed by atoms with Gasteiger partial charge in [0.15, 0.2) is 0 Å². The average Bonchev–Trinajstić information content (AvgIpc) is 2.85. The van der Waals surface area contributed by atoms with Crippen LogP contribution >= 0.6 is 0 Å². The maximum Gasteiger partial charge on any atom is 0.146 e. The number of nitrogens with zero attached hydrogens (tertiary/aromatic N) is 1. The summed E-state index contributed by atoms with van der Waals surface area (Å²) in [7, 11) is 0. The number of nitrogens with one attached hydrogen (secondary N) is 1. The number of aryl methyl sites for hydroxylation is 1. The molecule has 1 aliphatic carbocycles. The zero-order chi connectivity index (χ0) is 10.7. The molecule has 0 unspecified atom stereocenters. The number of rotatable bonds is 2. The lowest BCUT2D eigenvalue weighted by Crippen LogP contribution is -2.31. The largest absolute Gasteiger partial charge is 0.469 e. The van der Waals surface area contributed by atoms with E-state index in [4.69, 9.17) is 10.3 Å². The van der Waals surface area contributed by atoms with E-state index in [1.807, 2.05) is 13.0 Å². The summed E-state index contributed by atoms with van der Waals surface area (Å²) in [5.41, 5.74) is 3.58. The second-order valence-corrected chi connectivity index (χ2v) is 4.01. The lowest BCUT2D eigenvalue weighted by Gasteiger charge is -2.07. The normalized spacial score (nSPS) is 18.4. The monoisotopic (exact) mass is 207 g/mol. The van der Waals surface area contributed by atoms with Crippen molar-refractivity contribution in [3.63, 3.8) is 0 Å². The number of aliphatic imine (C=N–C) groups is 1. The molecule has 4 nitrogen and oxygen atoms in total. The average molecular weight is 207 g/mol. The summed E-state index contributed by atoms with van der Waals surface area (Å²) in [4.78, 5) is 4.60. The summed E-state index contributed by atoms with van der Waals surface area (Å²) in [5.74, 6) is 7.08. The van der Waals surface area contributed by atoms with Gasteiger partial charge in [0.1, 0.15) is 17.9 Å². The SMILES string of the molecule is Cc1cc(C(=NC2CCCC2)NN)co1. The first-order valence-electron chi connectivity index (χ1n) is 5.39. The van der Waals surface area contributed by atoms with Crippen molar-refractivity contribution in [1.29, 1.82) is 0 Å². The van der Waals surface area contributed by atoms with Crippen molar-refractivity contribution in [3.05, 3.63) is 23.7 Å². The Hall–Kier alpha value is -1.29. The fourth-order valence-electron chi connectivity index (χ4n) is 1.98. The predicted octanol–water partition coefficient (Wildman–Crippen LogP) is 1.74. The first-order valence-corrected chi connectivity index (χ1v) is 5.39. The minimum absolute atomic E-state index is 0.422. The van der Waals surface area contributed by atoms with E-state index < -0.39 is 0 Å². The van der Waals surface area contributed by atoms with Gasteiger partial charge in [-0.3, -0.25) is 4.99 Å². The number of amidine groups is 1. The van der Waals surface area contributed by atoms with Crippen molar-refractivity contribution in [3.8, 4) is 0 Å². The highest BCUT2D eigenvalue weighted by Crippen LogP contribution is 2.21. The highest BCUT2D eigenvalue weighted by Gasteiger charge is 2.15. The van der Waals surface area contributed by atoms with Crippen LogP contribution in [0.4, 0.5) is 0 Å². The van der Waals surface area contributed by atoms with Crippen LogP contribution in [0.15, 0.2) is 21.7 Å². The van der Waals surface area contributed by atoms with E-state index in [9.17, 15) is 0 Å². The standard InChI is InChI=1S/C11H17N3O/c1-8-6-9(7-15-8)11(14-12)13-10-4-2-3-5-10/h6-7,10H,2-5,12H2,1H3,(H,13,14). The minimum Gasteiger partial charge on any atom is -0.469 e. The molecule has 2 rings (SSSR count). The quantitative estimate of drug-likeness (QED) is 0.336. The Morgan fingerprint density at radius 2 is 2.27 bits per heavy atom. The fourth-order valence-corrected chi connectivity index (χ4v) is 1.98. The van der Waals surface area contributed by atoms with Gasteiger partial charge in [-0.05, 0) is 25.8 Å². The molecule has 0 aliphatic heterocycles. The van der Waals surface area contributed by atoms with E-state index in [0.717, 1.165) is 17.2 Å². The van der Waals surface area contributed by atoms with Gasteiger partial charge in [-0.15, -0.1) is 0 Å². The number of nitrogens with two attached hydrogens (primary N) is 1. The Morgan fingerprint density at radius 3 is 2.80 bits per heavy atom. The Kier molecular flexibility index (Phi) is 3.06. The summed E-state index contributed by atoms with van der Waals surface area (Å²) in [6.07, 6.45) is 6.57. The molecule has 0 bridgehead atoms. The molecule has 0 saturated heterocycles. The van der Waals surface area contributed by atoms with Crippen LogP contribution in [0, 0.1) is 6.92 Å². The van der Waals surface area contributed by atoms with Gasteiger partial charge in [0, 0.05) is 0 Å². The highest BCUT2D eigenvalue weighted by atomic mass is 16.3. The van der Waals surface area contributed by atoms with Gasteiger partial charge in [0.05, 0.1) is 11.6 Å². The van der Waals surface area contributed by atoms with Crippen molar-refractivity contribution in [2.45, 2.75) is 38.6 Å².